The van der Waals surface area contributed by atoms with Gasteiger partial charge >= 0.3 is 6.03 Å². The molecule has 2 N–H and O–H groups in total. The van der Waals surface area contributed by atoms with Crippen LogP contribution < -0.4 is 10.6 Å². The Morgan fingerprint density at radius 2 is 1.91 bits per heavy atom. The number of hydrogen-bond donors (Lipinski definition) is 2. The number of nitrogens with zero attached hydrogens (tertiary/aromatic N) is 3. The molecule has 1 atom stereocenters. The van der Waals surface area contributed by atoms with E-state index in [1.165, 1.54) is 28.7 Å². The number of aryl methyl sites for hydroxylation is 1. The van der Waals surface area contributed by atoms with E-state index in [0.717, 1.165) is 26.1 Å². The lowest BCUT2D eigenvalue weighted by Gasteiger charge is -2.22. The van der Waals surface area contributed by atoms with E-state index in [-0.39, 0.29) is 12.5 Å². The Kier molecular flexibility index (Phi) is 5.40. The van der Waals surface area contributed by atoms with E-state index in [0.29, 0.717) is 18.0 Å². The Hall–Kier alpha value is -3.24. The second-order valence-electron chi connectivity index (χ2n) is 7.58. The summed E-state index contributed by atoms with van der Waals surface area (Å²) >= 11 is 2.78. The van der Waals surface area contributed by atoms with E-state index >= 15 is 0 Å². The number of fused-ring (bicyclic) bond motifs is 2. The van der Waals surface area contributed by atoms with E-state index in [2.05, 4.69) is 20.8 Å². The van der Waals surface area contributed by atoms with Crippen LogP contribution in [-0.4, -0.2) is 39.5 Å². The van der Waals surface area contributed by atoms with Crippen LogP contribution in [-0.2, 0) is 27.3 Å². The number of rotatable bonds is 6. The molecule has 1 aliphatic heterocycles. The summed E-state index contributed by atoms with van der Waals surface area (Å²) in [6.45, 7) is -0.374. The number of thioether (sulfide) groups is 1. The molecule has 2 aromatic carbocycles. The average Bonchev–Trinajstić information content (AvgIpc) is 3.47. The zero-order valence-electron chi connectivity index (χ0n) is 16.9. The van der Waals surface area contributed by atoms with Crippen molar-refractivity contribution in [3.05, 3.63) is 71.3 Å². The molecule has 0 radical (unpaired) electrons. The molecule has 1 fully saturated rings. The van der Waals surface area contributed by atoms with Gasteiger partial charge in [0.1, 0.15) is 12.1 Å². The van der Waals surface area contributed by atoms with Crippen molar-refractivity contribution in [2.45, 2.75) is 28.5 Å². The number of urea groups is 1. The van der Waals surface area contributed by atoms with Crippen molar-refractivity contribution in [3.63, 3.8) is 0 Å². The molecule has 0 bridgehead atoms. The number of nitrogens with one attached hydrogen (secondary N) is 2. The summed E-state index contributed by atoms with van der Waals surface area (Å²) in [7, 11) is 0. The van der Waals surface area contributed by atoms with Gasteiger partial charge in [-0.2, -0.15) is 0 Å². The maximum absolute atomic E-state index is 13.1. The minimum Gasteiger partial charge on any atom is -0.319 e. The van der Waals surface area contributed by atoms with Crippen molar-refractivity contribution in [1.29, 1.82) is 0 Å². The van der Waals surface area contributed by atoms with Crippen LogP contribution in [0.1, 0.15) is 23.1 Å². The third-order valence-electron chi connectivity index (χ3n) is 5.58. The lowest BCUT2D eigenvalue weighted by molar-refractivity contribution is -0.134. The monoisotopic (exact) mass is 465 g/mol. The van der Waals surface area contributed by atoms with E-state index in [9.17, 15) is 14.4 Å². The topological polar surface area (TPSA) is 104 Å². The van der Waals surface area contributed by atoms with Crippen LogP contribution in [0.3, 0.4) is 0 Å². The summed E-state index contributed by atoms with van der Waals surface area (Å²) in [5, 5.41) is 13.9. The third-order valence-corrected chi connectivity index (χ3v) is 7.63. The number of imide groups is 1. The van der Waals surface area contributed by atoms with Crippen LogP contribution in [0.25, 0.3) is 0 Å². The van der Waals surface area contributed by atoms with Crippen LogP contribution >= 0.6 is 23.1 Å². The number of anilines is 1. The van der Waals surface area contributed by atoms with Crippen LogP contribution in [0.2, 0.25) is 0 Å². The van der Waals surface area contributed by atoms with Gasteiger partial charge in [0.05, 0.1) is 0 Å². The molecule has 0 saturated carbocycles. The smallest absolute Gasteiger partial charge is 0.319 e. The summed E-state index contributed by atoms with van der Waals surface area (Å²) < 4.78 is 0.723. The molecule has 3 aromatic rings. The van der Waals surface area contributed by atoms with Gasteiger partial charge in [0, 0.05) is 5.75 Å². The zero-order valence-corrected chi connectivity index (χ0v) is 18.5. The largest absolute Gasteiger partial charge is 0.325 e. The predicted octanol–water partition coefficient (Wildman–Crippen LogP) is 3.16. The van der Waals surface area contributed by atoms with Crippen molar-refractivity contribution in [2.24, 2.45) is 0 Å². The second kappa shape index (κ2) is 8.36. The van der Waals surface area contributed by atoms with E-state index in [1.807, 2.05) is 54.6 Å². The van der Waals surface area contributed by atoms with Gasteiger partial charge in [-0.1, -0.05) is 77.7 Å². The fraction of sp³-hybridized carbons (Fsp3) is 0.227. The highest BCUT2D eigenvalue weighted by Gasteiger charge is 2.55. The standard InChI is InChI=1S/C22H19N5O3S2/c28-17(23-19-25-26-21(32-19)31-13-14-6-2-1-3-7-14)12-27-18(29)22(24-20(27)30)11-10-15-8-4-5-9-16(15)22/h1-9H,10-13H2,(H,24,30)(H,23,25,28). The number of aromatic nitrogens is 2. The van der Waals surface area contributed by atoms with Gasteiger partial charge in [0.15, 0.2) is 4.34 Å². The van der Waals surface area contributed by atoms with Crippen molar-refractivity contribution >= 4 is 46.1 Å². The number of amides is 4. The van der Waals surface area contributed by atoms with Gasteiger partial charge in [0.25, 0.3) is 5.91 Å². The number of benzene rings is 2. The van der Waals surface area contributed by atoms with Crippen LogP contribution in [0.5, 0.6) is 0 Å². The molecule has 1 aliphatic carbocycles. The summed E-state index contributed by atoms with van der Waals surface area (Å²) in [5.41, 5.74) is 1.95. The van der Waals surface area contributed by atoms with Crippen molar-refractivity contribution in [3.8, 4) is 0 Å². The molecule has 4 amide bonds. The maximum atomic E-state index is 13.1. The molecule has 2 heterocycles. The molecule has 10 heteroatoms. The quantitative estimate of drug-likeness (QED) is 0.329. The van der Waals surface area contributed by atoms with Gasteiger partial charge in [-0.25, -0.2) is 4.79 Å². The first-order valence-corrected chi connectivity index (χ1v) is 11.9. The van der Waals surface area contributed by atoms with Gasteiger partial charge in [-0.05, 0) is 29.5 Å². The molecule has 8 nitrogen and oxygen atoms in total. The highest BCUT2D eigenvalue weighted by Crippen LogP contribution is 2.41. The molecule has 2 aliphatic rings. The maximum Gasteiger partial charge on any atom is 0.325 e. The first-order valence-electron chi connectivity index (χ1n) is 10.1. The first kappa shape index (κ1) is 20.7. The summed E-state index contributed by atoms with van der Waals surface area (Å²) in [4.78, 5) is 39.2. The van der Waals surface area contributed by atoms with E-state index in [1.54, 1.807) is 0 Å². The van der Waals surface area contributed by atoms with E-state index < -0.39 is 17.5 Å². The molecule has 162 valence electrons. The summed E-state index contributed by atoms with van der Waals surface area (Å²) in [6, 6.07) is 17.0. The Balaban J connectivity index is 1.21. The van der Waals surface area contributed by atoms with Gasteiger partial charge < -0.3 is 5.32 Å². The minimum atomic E-state index is -1.07. The predicted molar refractivity (Wildman–Crippen MR) is 121 cm³/mol. The van der Waals surface area contributed by atoms with Crippen molar-refractivity contribution < 1.29 is 14.4 Å². The fourth-order valence-corrected chi connectivity index (χ4v) is 5.80. The molecular formula is C22H19N5O3S2. The van der Waals surface area contributed by atoms with Crippen LogP contribution in [0.15, 0.2) is 58.9 Å². The Morgan fingerprint density at radius 3 is 2.75 bits per heavy atom. The Labute approximate surface area is 192 Å². The summed E-state index contributed by atoms with van der Waals surface area (Å²) in [5.74, 6) is -0.137. The molecule has 1 spiro atoms. The normalized spacial score (nSPS) is 19.3. The van der Waals surface area contributed by atoms with Gasteiger partial charge in [-0.3, -0.25) is 19.8 Å². The number of carbonyl (C=O) groups excluding carboxylic acids is 3. The summed E-state index contributed by atoms with van der Waals surface area (Å²) in [6.07, 6.45) is 1.20. The molecule has 5 rings (SSSR count). The highest BCUT2D eigenvalue weighted by atomic mass is 32.2. The van der Waals surface area contributed by atoms with Crippen molar-refractivity contribution in [1.82, 2.24) is 20.4 Å². The second-order valence-corrected chi connectivity index (χ2v) is 9.78. The first-order chi connectivity index (χ1) is 15.5. The Bertz CT molecular complexity index is 1200. The van der Waals surface area contributed by atoms with Gasteiger partial charge in [0.2, 0.25) is 11.0 Å². The molecule has 1 aromatic heterocycles. The van der Waals surface area contributed by atoms with Crippen LogP contribution in [0.4, 0.5) is 9.93 Å². The zero-order chi connectivity index (χ0) is 22.1. The fourth-order valence-electron chi connectivity index (χ4n) is 4.07. The highest BCUT2D eigenvalue weighted by molar-refractivity contribution is 8.00. The lowest BCUT2D eigenvalue weighted by atomic mass is 9.92. The minimum absolute atomic E-state index is 0.332. The Morgan fingerprint density at radius 1 is 1.12 bits per heavy atom. The number of hydrogen-bond acceptors (Lipinski definition) is 7. The lowest BCUT2D eigenvalue weighted by Crippen LogP contribution is -2.42. The SMILES string of the molecule is O=C(CN1C(=O)NC2(CCc3ccccc32)C1=O)Nc1nnc(SCc2ccccc2)s1. The molecule has 1 saturated heterocycles. The van der Waals surface area contributed by atoms with Crippen LogP contribution in [0, 0.1) is 0 Å². The van der Waals surface area contributed by atoms with E-state index in [4.69, 9.17) is 0 Å². The average molecular weight is 466 g/mol. The van der Waals surface area contributed by atoms with Gasteiger partial charge in [-0.15, -0.1) is 10.2 Å². The third kappa shape index (κ3) is 3.76. The molecular weight excluding hydrogens is 446 g/mol. The number of carbonyl (C=O) groups is 3. The molecule has 32 heavy (non-hydrogen) atoms. The van der Waals surface area contributed by atoms with Crippen molar-refractivity contribution in [2.75, 3.05) is 11.9 Å². The molecule has 1 unspecified atom stereocenters.